The van der Waals surface area contributed by atoms with Crippen LogP contribution in [0.5, 0.6) is 5.75 Å². The molecule has 4 nitrogen and oxygen atoms in total. The molecule has 0 fully saturated rings. The summed E-state index contributed by atoms with van der Waals surface area (Å²) in [7, 11) is 0. The van der Waals surface area contributed by atoms with Crippen LogP contribution >= 0.6 is 0 Å². The number of carbonyl (C=O) groups is 1. The summed E-state index contributed by atoms with van der Waals surface area (Å²) in [6.07, 6.45) is 0.442. The summed E-state index contributed by atoms with van der Waals surface area (Å²) in [5.41, 5.74) is 1.05. The Kier molecular flexibility index (Phi) is 2.16. The molecule has 0 saturated heterocycles. The van der Waals surface area contributed by atoms with Crippen LogP contribution in [0.3, 0.4) is 0 Å². The van der Waals surface area contributed by atoms with E-state index in [9.17, 15) is 9.90 Å². The largest absolute Gasteiger partial charge is 0.508 e. The van der Waals surface area contributed by atoms with Crippen LogP contribution < -0.4 is 5.32 Å². The number of aliphatic carboxylic acids is 1. The summed E-state index contributed by atoms with van der Waals surface area (Å²) >= 11 is 0. The minimum atomic E-state index is -0.899. The molecule has 1 aliphatic rings. The van der Waals surface area contributed by atoms with E-state index in [0.717, 1.165) is 11.1 Å². The van der Waals surface area contributed by atoms with E-state index in [-0.39, 0.29) is 5.75 Å². The first-order valence-electron chi connectivity index (χ1n) is 4.80. The Labute approximate surface area is 87.6 Å². The molecular weight excluding hydrogens is 194 g/mol. The normalized spacial score (nSPS) is 24.6. The van der Waals surface area contributed by atoms with Gasteiger partial charge in [-0.15, -0.1) is 0 Å². The number of aromatic hydroxyl groups is 1. The first kappa shape index (κ1) is 9.98. The molecule has 3 N–H and O–H groups in total. The van der Waals surface area contributed by atoms with Crippen LogP contribution in [0.1, 0.15) is 18.1 Å². The summed E-state index contributed by atoms with van der Waals surface area (Å²) in [4.78, 5) is 11.0. The maximum absolute atomic E-state index is 11.0. The van der Waals surface area contributed by atoms with Crippen LogP contribution in [0.15, 0.2) is 18.2 Å². The maximum atomic E-state index is 11.0. The molecule has 2 rings (SSSR count). The fraction of sp³-hybridized carbons (Fsp3) is 0.364. The van der Waals surface area contributed by atoms with Gasteiger partial charge in [-0.1, -0.05) is 6.07 Å². The molecule has 0 unspecified atom stereocenters. The molecule has 0 saturated carbocycles. The average molecular weight is 207 g/mol. The standard InChI is InChI=1S/C11H13NO3/c1-11(10(14)15)5-7-2-3-9(13)4-8(7)6-12-11/h2-4,12-13H,5-6H2,1H3,(H,14,15)/t11-/m1/s1. The van der Waals surface area contributed by atoms with Crippen LogP contribution in [-0.4, -0.2) is 21.7 Å². The summed E-state index contributed by atoms with van der Waals surface area (Å²) in [5.74, 6) is -0.629. The fourth-order valence-corrected chi connectivity index (χ4v) is 1.83. The van der Waals surface area contributed by atoms with E-state index in [4.69, 9.17) is 5.11 Å². The summed E-state index contributed by atoms with van der Waals surface area (Å²) < 4.78 is 0. The van der Waals surface area contributed by atoms with Gasteiger partial charge in [-0.3, -0.25) is 10.1 Å². The van der Waals surface area contributed by atoms with Crippen LogP contribution in [0, 0.1) is 0 Å². The predicted molar refractivity (Wildman–Crippen MR) is 54.7 cm³/mol. The Morgan fingerprint density at radius 1 is 1.47 bits per heavy atom. The van der Waals surface area contributed by atoms with Gasteiger partial charge >= 0.3 is 5.97 Å². The Balaban J connectivity index is 2.35. The van der Waals surface area contributed by atoms with Crippen molar-refractivity contribution in [3.63, 3.8) is 0 Å². The minimum Gasteiger partial charge on any atom is -0.508 e. The third-order valence-corrected chi connectivity index (χ3v) is 2.87. The number of carboxylic acid groups (broad SMARTS) is 1. The lowest BCUT2D eigenvalue weighted by atomic mass is 9.86. The molecule has 1 aromatic rings. The second-order valence-electron chi connectivity index (χ2n) is 4.12. The summed E-state index contributed by atoms with van der Waals surface area (Å²) in [5, 5.41) is 21.3. The fourth-order valence-electron chi connectivity index (χ4n) is 1.83. The van der Waals surface area contributed by atoms with Crippen molar-refractivity contribution in [3.05, 3.63) is 29.3 Å². The smallest absolute Gasteiger partial charge is 0.323 e. The molecule has 0 bridgehead atoms. The van der Waals surface area contributed by atoms with Gasteiger partial charge in [-0.2, -0.15) is 0 Å². The topological polar surface area (TPSA) is 69.6 Å². The Morgan fingerprint density at radius 2 is 2.20 bits per heavy atom. The van der Waals surface area contributed by atoms with Gasteiger partial charge in [0.25, 0.3) is 0 Å². The first-order valence-corrected chi connectivity index (χ1v) is 4.80. The highest BCUT2D eigenvalue weighted by Gasteiger charge is 2.36. The van der Waals surface area contributed by atoms with Gasteiger partial charge < -0.3 is 10.2 Å². The monoisotopic (exact) mass is 207 g/mol. The van der Waals surface area contributed by atoms with Crippen molar-refractivity contribution >= 4 is 5.97 Å². The number of phenols is 1. The molecular formula is C11H13NO3. The molecule has 0 aromatic heterocycles. The van der Waals surface area contributed by atoms with Crippen molar-refractivity contribution in [1.29, 1.82) is 0 Å². The summed E-state index contributed by atoms with van der Waals surface area (Å²) in [6, 6.07) is 5.04. The van der Waals surface area contributed by atoms with Crippen molar-refractivity contribution in [2.75, 3.05) is 0 Å². The molecule has 0 spiro atoms. The van der Waals surface area contributed by atoms with E-state index in [1.54, 1.807) is 25.1 Å². The van der Waals surface area contributed by atoms with Crippen molar-refractivity contribution in [2.24, 2.45) is 0 Å². The highest BCUT2D eigenvalue weighted by molar-refractivity contribution is 5.79. The number of carboxylic acids is 1. The maximum Gasteiger partial charge on any atom is 0.323 e. The van der Waals surface area contributed by atoms with E-state index < -0.39 is 11.5 Å². The molecule has 4 heteroatoms. The number of fused-ring (bicyclic) bond motifs is 1. The number of rotatable bonds is 1. The van der Waals surface area contributed by atoms with Crippen molar-refractivity contribution < 1.29 is 15.0 Å². The van der Waals surface area contributed by atoms with Crippen LogP contribution in [-0.2, 0) is 17.8 Å². The van der Waals surface area contributed by atoms with Gasteiger partial charge in [-0.25, -0.2) is 0 Å². The van der Waals surface area contributed by atoms with E-state index in [1.807, 2.05) is 0 Å². The second-order valence-corrected chi connectivity index (χ2v) is 4.12. The molecule has 1 atom stereocenters. The lowest BCUT2D eigenvalue weighted by Gasteiger charge is -2.32. The third kappa shape index (κ3) is 1.68. The van der Waals surface area contributed by atoms with Gasteiger partial charge in [-0.05, 0) is 30.2 Å². The Bertz CT molecular complexity index is 416. The second kappa shape index (κ2) is 3.24. The Morgan fingerprint density at radius 3 is 2.87 bits per heavy atom. The number of nitrogens with one attached hydrogen (secondary N) is 1. The number of hydrogen-bond donors (Lipinski definition) is 3. The zero-order chi connectivity index (χ0) is 11.1. The zero-order valence-corrected chi connectivity index (χ0v) is 8.45. The molecule has 15 heavy (non-hydrogen) atoms. The zero-order valence-electron chi connectivity index (χ0n) is 8.45. The minimum absolute atomic E-state index is 0.217. The molecule has 80 valence electrons. The van der Waals surface area contributed by atoms with Gasteiger partial charge in [0, 0.05) is 13.0 Å². The van der Waals surface area contributed by atoms with Crippen molar-refractivity contribution in [3.8, 4) is 5.75 Å². The molecule has 0 radical (unpaired) electrons. The highest BCUT2D eigenvalue weighted by Crippen LogP contribution is 2.26. The van der Waals surface area contributed by atoms with Gasteiger partial charge in [0.15, 0.2) is 0 Å². The molecule has 1 aromatic carbocycles. The number of benzene rings is 1. The van der Waals surface area contributed by atoms with Crippen molar-refractivity contribution in [2.45, 2.75) is 25.4 Å². The Hall–Kier alpha value is -1.55. The van der Waals surface area contributed by atoms with E-state index in [1.165, 1.54) is 0 Å². The SMILES string of the molecule is C[C@]1(C(=O)O)Cc2ccc(O)cc2CN1. The van der Waals surface area contributed by atoms with Crippen molar-refractivity contribution in [1.82, 2.24) is 5.32 Å². The third-order valence-electron chi connectivity index (χ3n) is 2.87. The van der Waals surface area contributed by atoms with Crippen LogP contribution in [0.4, 0.5) is 0 Å². The van der Waals surface area contributed by atoms with Gasteiger partial charge in [0.2, 0.25) is 0 Å². The summed E-state index contributed by atoms with van der Waals surface area (Å²) in [6.45, 7) is 2.15. The van der Waals surface area contributed by atoms with E-state index in [2.05, 4.69) is 5.32 Å². The quantitative estimate of drug-likeness (QED) is 0.639. The highest BCUT2D eigenvalue weighted by atomic mass is 16.4. The van der Waals surface area contributed by atoms with Crippen LogP contribution in [0.2, 0.25) is 0 Å². The van der Waals surface area contributed by atoms with Crippen LogP contribution in [0.25, 0.3) is 0 Å². The van der Waals surface area contributed by atoms with E-state index >= 15 is 0 Å². The lowest BCUT2D eigenvalue weighted by molar-refractivity contribution is -0.144. The molecule has 0 aliphatic carbocycles. The number of phenolic OH excluding ortho intramolecular Hbond substituents is 1. The molecule has 1 aliphatic heterocycles. The van der Waals surface area contributed by atoms with Gasteiger partial charge in [0.1, 0.15) is 11.3 Å². The predicted octanol–water partition coefficient (Wildman–Crippen LogP) is 0.881. The lowest BCUT2D eigenvalue weighted by Crippen LogP contribution is -2.53. The average Bonchev–Trinajstić information content (AvgIpc) is 2.18. The van der Waals surface area contributed by atoms with E-state index in [0.29, 0.717) is 13.0 Å². The molecule has 1 heterocycles. The molecule has 0 amide bonds. The first-order chi connectivity index (χ1) is 7.01. The number of hydrogen-bond acceptors (Lipinski definition) is 3. The van der Waals surface area contributed by atoms with Gasteiger partial charge in [0.05, 0.1) is 0 Å².